The summed E-state index contributed by atoms with van der Waals surface area (Å²) in [4.78, 5) is 4.29. The lowest BCUT2D eigenvalue weighted by atomic mass is 10.1. The van der Waals surface area contributed by atoms with E-state index in [1.54, 1.807) is 6.20 Å². The molecule has 1 aromatic heterocycles. The predicted molar refractivity (Wildman–Crippen MR) is 77.3 cm³/mol. The van der Waals surface area contributed by atoms with Crippen molar-refractivity contribution in [1.29, 1.82) is 0 Å². The number of benzene rings is 1. The van der Waals surface area contributed by atoms with Crippen molar-refractivity contribution in [2.45, 2.75) is 26.5 Å². The molecule has 0 fully saturated rings. The first-order valence-corrected chi connectivity index (χ1v) is 6.65. The number of hydrogen-bond donors (Lipinski definition) is 1. The van der Waals surface area contributed by atoms with Gasteiger partial charge in [0.2, 0.25) is 0 Å². The Bertz CT molecular complexity index is 540. The van der Waals surface area contributed by atoms with Gasteiger partial charge in [-0.15, -0.1) is 0 Å². The third-order valence-electron chi connectivity index (χ3n) is 2.91. The lowest BCUT2D eigenvalue weighted by Gasteiger charge is -2.08. The van der Waals surface area contributed by atoms with E-state index in [2.05, 4.69) is 11.9 Å². The molecule has 2 aromatic rings. The predicted octanol–water partition coefficient (Wildman–Crippen LogP) is 3.34. The first kappa shape index (κ1) is 13.8. The van der Waals surface area contributed by atoms with E-state index in [9.17, 15) is 0 Å². The SMILES string of the molecule is CCc1cc(OCc2ccc(CN)cn2)ccc1Cl. The van der Waals surface area contributed by atoms with Gasteiger partial charge in [-0.05, 0) is 41.8 Å². The van der Waals surface area contributed by atoms with Crippen molar-refractivity contribution < 1.29 is 4.74 Å². The van der Waals surface area contributed by atoms with E-state index in [4.69, 9.17) is 22.1 Å². The number of pyridine rings is 1. The molecule has 2 N–H and O–H groups in total. The zero-order valence-corrected chi connectivity index (χ0v) is 11.7. The van der Waals surface area contributed by atoms with Crippen LogP contribution in [0.3, 0.4) is 0 Å². The Morgan fingerprint density at radius 2 is 2.11 bits per heavy atom. The number of ether oxygens (including phenoxy) is 1. The smallest absolute Gasteiger partial charge is 0.130 e. The molecule has 0 bridgehead atoms. The minimum atomic E-state index is 0.440. The zero-order chi connectivity index (χ0) is 13.7. The molecule has 0 saturated heterocycles. The van der Waals surface area contributed by atoms with Crippen LogP contribution in [0, 0.1) is 0 Å². The first-order chi connectivity index (χ1) is 9.22. The van der Waals surface area contributed by atoms with Crippen LogP contribution in [0.5, 0.6) is 5.75 Å². The molecule has 1 heterocycles. The van der Waals surface area contributed by atoms with Crippen molar-refractivity contribution in [2.24, 2.45) is 5.73 Å². The van der Waals surface area contributed by atoms with Crippen molar-refractivity contribution >= 4 is 11.6 Å². The van der Waals surface area contributed by atoms with Gasteiger partial charge in [-0.1, -0.05) is 24.6 Å². The second-order valence-electron chi connectivity index (χ2n) is 4.26. The Morgan fingerprint density at radius 3 is 2.74 bits per heavy atom. The van der Waals surface area contributed by atoms with Gasteiger partial charge < -0.3 is 10.5 Å². The highest BCUT2D eigenvalue weighted by Gasteiger charge is 2.02. The van der Waals surface area contributed by atoms with Gasteiger partial charge in [0, 0.05) is 17.8 Å². The molecule has 0 aliphatic rings. The van der Waals surface area contributed by atoms with E-state index in [1.807, 2.05) is 30.3 Å². The van der Waals surface area contributed by atoms with Crippen LogP contribution >= 0.6 is 11.6 Å². The van der Waals surface area contributed by atoms with Gasteiger partial charge in [-0.25, -0.2) is 0 Å². The van der Waals surface area contributed by atoms with Crippen LogP contribution in [0.25, 0.3) is 0 Å². The number of nitrogens with two attached hydrogens (primary N) is 1. The molecular weight excluding hydrogens is 260 g/mol. The van der Waals surface area contributed by atoms with E-state index < -0.39 is 0 Å². The first-order valence-electron chi connectivity index (χ1n) is 6.28. The molecule has 0 radical (unpaired) electrons. The van der Waals surface area contributed by atoms with Gasteiger partial charge in [0.15, 0.2) is 0 Å². The largest absolute Gasteiger partial charge is 0.487 e. The highest BCUT2D eigenvalue weighted by molar-refractivity contribution is 6.31. The van der Waals surface area contributed by atoms with Crippen LogP contribution in [-0.4, -0.2) is 4.98 Å². The van der Waals surface area contributed by atoms with Crippen molar-refractivity contribution in [1.82, 2.24) is 4.98 Å². The second kappa shape index (κ2) is 6.55. The van der Waals surface area contributed by atoms with Gasteiger partial charge in [0.25, 0.3) is 0 Å². The van der Waals surface area contributed by atoms with Crippen LogP contribution in [0.4, 0.5) is 0 Å². The molecule has 2 rings (SSSR count). The Kier molecular flexibility index (Phi) is 4.77. The third-order valence-corrected chi connectivity index (χ3v) is 3.28. The molecule has 19 heavy (non-hydrogen) atoms. The minimum absolute atomic E-state index is 0.440. The van der Waals surface area contributed by atoms with Gasteiger partial charge in [0.05, 0.1) is 5.69 Å². The summed E-state index contributed by atoms with van der Waals surface area (Å²) in [5.41, 5.74) is 8.51. The molecule has 0 unspecified atom stereocenters. The van der Waals surface area contributed by atoms with Crippen molar-refractivity contribution in [3.05, 3.63) is 58.4 Å². The summed E-state index contributed by atoms with van der Waals surface area (Å²) in [7, 11) is 0. The van der Waals surface area contributed by atoms with E-state index >= 15 is 0 Å². The molecule has 0 aliphatic heterocycles. The van der Waals surface area contributed by atoms with Crippen LogP contribution in [0.1, 0.15) is 23.7 Å². The molecule has 0 aliphatic carbocycles. The fourth-order valence-corrected chi connectivity index (χ4v) is 1.98. The number of halogens is 1. The number of rotatable bonds is 5. The lowest BCUT2D eigenvalue weighted by molar-refractivity contribution is 0.301. The molecule has 3 nitrogen and oxygen atoms in total. The summed E-state index contributed by atoms with van der Waals surface area (Å²) in [6.45, 7) is 3.01. The maximum atomic E-state index is 6.07. The maximum absolute atomic E-state index is 6.07. The highest BCUT2D eigenvalue weighted by atomic mass is 35.5. The monoisotopic (exact) mass is 276 g/mol. The normalized spacial score (nSPS) is 10.5. The Labute approximate surface area is 118 Å². The van der Waals surface area contributed by atoms with Crippen LogP contribution < -0.4 is 10.5 Å². The van der Waals surface area contributed by atoms with Gasteiger partial charge in [0.1, 0.15) is 12.4 Å². The highest BCUT2D eigenvalue weighted by Crippen LogP contribution is 2.23. The molecular formula is C15H17ClN2O. The molecule has 100 valence electrons. The molecule has 4 heteroatoms. The summed E-state index contributed by atoms with van der Waals surface area (Å²) >= 11 is 6.07. The van der Waals surface area contributed by atoms with E-state index in [0.717, 1.165) is 34.0 Å². The summed E-state index contributed by atoms with van der Waals surface area (Å²) in [5, 5.41) is 0.778. The zero-order valence-electron chi connectivity index (χ0n) is 10.9. The molecule has 1 aromatic carbocycles. The molecule has 0 atom stereocenters. The molecule has 0 saturated carbocycles. The second-order valence-corrected chi connectivity index (χ2v) is 4.66. The van der Waals surface area contributed by atoms with Gasteiger partial charge >= 0.3 is 0 Å². The average Bonchev–Trinajstić information content (AvgIpc) is 2.47. The van der Waals surface area contributed by atoms with Crippen molar-refractivity contribution in [2.75, 3.05) is 0 Å². The fourth-order valence-electron chi connectivity index (χ4n) is 1.73. The Balaban J connectivity index is 2.01. The number of aryl methyl sites for hydroxylation is 1. The summed E-state index contributed by atoms with van der Waals surface area (Å²) in [6.07, 6.45) is 2.66. The van der Waals surface area contributed by atoms with Crippen LogP contribution in [-0.2, 0) is 19.6 Å². The third kappa shape index (κ3) is 3.69. The van der Waals surface area contributed by atoms with E-state index in [-0.39, 0.29) is 0 Å². The van der Waals surface area contributed by atoms with Crippen molar-refractivity contribution in [3.8, 4) is 5.75 Å². The van der Waals surface area contributed by atoms with Gasteiger partial charge in [-0.3, -0.25) is 4.98 Å². The minimum Gasteiger partial charge on any atom is -0.487 e. The topological polar surface area (TPSA) is 48.1 Å². The fraction of sp³-hybridized carbons (Fsp3) is 0.267. The summed E-state index contributed by atoms with van der Waals surface area (Å²) < 4.78 is 5.71. The van der Waals surface area contributed by atoms with Crippen LogP contribution in [0.15, 0.2) is 36.5 Å². The number of hydrogen-bond acceptors (Lipinski definition) is 3. The molecule has 0 spiro atoms. The lowest BCUT2D eigenvalue weighted by Crippen LogP contribution is -2.01. The van der Waals surface area contributed by atoms with E-state index in [1.165, 1.54) is 0 Å². The van der Waals surface area contributed by atoms with Gasteiger partial charge in [-0.2, -0.15) is 0 Å². The van der Waals surface area contributed by atoms with E-state index in [0.29, 0.717) is 13.2 Å². The van der Waals surface area contributed by atoms with Crippen molar-refractivity contribution in [3.63, 3.8) is 0 Å². The standard InChI is InChI=1S/C15H17ClN2O/c1-2-12-7-14(5-6-15(12)16)19-10-13-4-3-11(8-17)9-18-13/h3-7,9H,2,8,10,17H2,1H3. The number of nitrogens with zero attached hydrogens (tertiary/aromatic N) is 1. The summed E-state index contributed by atoms with van der Waals surface area (Å²) in [6, 6.07) is 9.59. The average molecular weight is 277 g/mol. The quantitative estimate of drug-likeness (QED) is 0.911. The Hall–Kier alpha value is -1.58. The van der Waals surface area contributed by atoms with Crippen LogP contribution in [0.2, 0.25) is 5.02 Å². The maximum Gasteiger partial charge on any atom is 0.130 e. The molecule has 0 amide bonds. The Morgan fingerprint density at radius 1 is 1.26 bits per heavy atom. The number of aromatic nitrogens is 1. The summed E-state index contributed by atoms with van der Waals surface area (Å²) in [5.74, 6) is 0.811.